The van der Waals surface area contributed by atoms with Crippen molar-refractivity contribution in [3.8, 4) is 0 Å². The van der Waals surface area contributed by atoms with E-state index in [1.165, 1.54) is 37.5 Å². The fourth-order valence-electron chi connectivity index (χ4n) is 3.01. The maximum atomic E-state index is 4.67. The summed E-state index contributed by atoms with van der Waals surface area (Å²) in [6.07, 6.45) is 2.36. The molecule has 0 bridgehead atoms. The van der Waals surface area contributed by atoms with E-state index in [4.69, 9.17) is 0 Å². The number of rotatable bonds is 6. The molecule has 1 aliphatic rings. The molecular weight excluding hydrogens is 445 g/mol. The van der Waals surface area contributed by atoms with Crippen molar-refractivity contribution in [2.24, 2.45) is 10.9 Å². The van der Waals surface area contributed by atoms with Crippen molar-refractivity contribution in [1.82, 2.24) is 20.5 Å². The molecule has 1 saturated heterocycles. The van der Waals surface area contributed by atoms with Crippen molar-refractivity contribution in [2.75, 3.05) is 26.7 Å². The molecule has 5 nitrogen and oxygen atoms in total. The van der Waals surface area contributed by atoms with Crippen LogP contribution >= 0.6 is 35.3 Å². The van der Waals surface area contributed by atoms with E-state index in [1.807, 2.05) is 7.05 Å². The van der Waals surface area contributed by atoms with Crippen LogP contribution in [0.1, 0.15) is 57.2 Å². The maximum Gasteiger partial charge on any atom is 0.191 e. The van der Waals surface area contributed by atoms with E-state index in [9.17, 15) is 0 Å². The lowest BCUT2D eigenvalue weighted by atomic mass is 10.0. The van der Waals surface area contributed by atoms with Crippen molar-refractivity contribution in [3.05, 3.63) is 16.1 Å². The largest absolute Gasteiger partial charge is 0.354 e. The molecule has 0 aromatic carbocycles. The number of nitrogens with one attached hydrogen (secondary N) is 2. The summed E-state index contributed by atoms with van der Waals surface area (Å²) in [4.78, 5) is 11.6. The van der Waals surface area contributed by atoms with Crippen LogP contribution in [-0.2, 0) is 6.54 Å². The van der Waals surface area contributed by atoms with Gasteiger partial charge in [-0.2, -0.15) is 0 Å². The van der Waals surface area contributed by atoms with Crippen LogP contribution in [0.25, 0.3) is 0 Å². The number of aromatic nitrogens is 1. The van der Waals surface area contributed by atoms with Gasteiger partial charge >= 0.3 is 0 Å². The molecule has 0 amide bonds. The monoisotopic (exact) mass is 479 g/mol. The van der Waals surface area contributed by atoms with Gasteiger partial charge in [-0.15, -0.1) is 35.3 Å². The molecule has 1 aromatic rings. The zero-order valence-corrected chi connectivity index (χ0v) is 19.4. The van der Waals surface area contributed by atoms with Crippen LogP contribution in [0.4, 0.5) is 0 Å². The van der Waals surface area contributed by atoms with Crippen LogP contribution < -0.4 is 10.6 Å². The highest BCUT2D eigenvalue weighted by Crippen LogP contribution is 2.19. The van der Waals surface area contributed by atoms with Crippen LogP contribution in [0.3, 0.4) is 0 Å². The van der Waals surface area contributed by atoms with E-state index >= 15 is 0 Å². The van der Waals surface area contributed by atoms with Gasteiger partial charge in [0, 0.05) is 44.0 Å². The summed E-state index contributed by atoms with van der Waals surface area (Å²) in [5.74, 6) is 2.13. The third kappa shape index (κ3) is 7.78. The van der Waals surface area contributed by atoms with Gasteiger partial charge in [-0.05, 0) is 18.8 Å². The summed E-state index contributed by atoms with van der Waals surface area (Å²) in [5.41, 5.74) is 1.10. The molecule has 7 heteroatoms. The molecule has 25 heavy (non-hydrogen) atoms. The van der Waals surface area contributed by atoms with Crippen LogP contribution in [0.2, 0.25) is 0 Å². The summed E-state index contributed by atoms with van der Waals surface area (Å²) >= 11 is 1.74. The summed E-state index contributed by atoms with van der Waals surface area (Å²) in [6, 6.07) is 0.515. The lowest BCUT2D eigenvalue weighted by Crippen LogP contribution is -2.49. The number of guanidine groups is 1. The molecule has 0 unspecified atom stereocenters. The van der Waals surface area contributed by atoms with Crippen LogP contribution in [0, 0.1) is 5.92 Å². The van der Waals surface area contributed by atoms with Gasteiger partial charge < -0.3 is 15.5 Å². The number of hydrogen-bond donors (Lipinski definition) is 2. The Labute approximate surface area is 174 Å². The van der Waals surface area contributed by atoms with E-state index < -0.39 is 0 Å². The predicted molar refractivity (Wildman–Crippen MR) is 119 cm³/mol. The van der Waals surface area contributed by atoms with Gasteiger partial charge in [0.1, 0.15) is 0 Å². The first-order chi connectivity index (χ1) is 11.5. The van der Waals surface area contributed by atoms with Gasteiger partial charge in [-0.3, -0.25) is 4.99 Å². The third-order valence-corrected chi connectivity index (χ3v) is 5.47. The zero-order valence-electron chi connectivity index (χ0n) is 16.2. The van der Waals surface area contributed by atoms with Gasteiger partial charge in [0.05, 0.1) is 17.2 Å². The first-order valence-electron chi connectivity index (χ1n) is 9.11. The smallest absolute Gasteiger partial charge is 0.191 e. The second kappa shape index (κ2) is 11.3. The van der Waals surface area contributed by atoms with Crippen molar-refractivity contribution < 1.29 is 0 Å². The molecule has 2 rings (SSSR count). The second-order valence-corrected chi connectivity index (χ2v) is 8.26. The Kier molecular flexibility index (Phi) is 10.3. The summed E-state index contributed by atoms with van der Waals surface area (Å²) in [7, 11) is 1.84. The fraction of sp³-hybridized carbons (Fsp3) is 0.778. The van der Waals surface area contributed by atoms with Crippen molar-refractivity contribution in [2.45, 2.75) is 59.0 Å². The quantitative estimate of drug-likeness (QED) is 0.372. The number of likely N-dealkylation sites (tertiary alicyclic amines) is 1. The Balaban J connectivity index is 0.00000312. The lowest BCUT2D eigenvalue weighted by Gasteiger charge is -2.33. The van der Waals surface area contributed by atoms with Crippen LogP contribution in [-0.4, -0.2) is 48.6 Å². The molecule has 0 atom stereocenters. The predicted octanol–water partition coefficient (Wildman–Crippen LogP) is 3.67. The van der Waals surface area contributed by atoms with E-state index in [0.717, 1.165) is 24.1 Å². The summed E-state index contributed by atoms with van der Waals surface area (Å²) in [5, 5.41) is 10.3. The summed E-state index contributed by atoms with van der Waals surface area (Å²) < 4.78 is 0. The molecule has 0 spiro atoms. The highest BCUT2D eigenvalue weighted by Gasteiger charge is 2.20. The Morgan fingerprint density at radius 3 is 2.52 bits per heavy atom. The van der Waals surface area contributed by atoms with Gasteiger partial charge in [0.15, 0.2) is 5.96 Å². The third-order valence-electron chi connectivity index (χ3n) is 4.28. The normalized spacial score (nSPS) is 17.0. The SMILES string of the molecule is CN=C(NCc1csc(C(C)C)n1)NC1CCN(CC(C)C)CC1.I. The van der Waals surface area contributed by atoms with Gasteiger partial charge in [0.25, 0.3) is 0 Å². The van der Waals surface area contributed by atoms with E-state index in [-0.39, 0.29) is 24.0 Å². The first kappa shape index (κ1) is 22.6. The maximum absolute atomic E-state index is 4.67. The Morgan fingerprint density at radius 2 is 2.00 bits per heavy atom. The standard InChI is InChI=1S/C18H33N5S.HI/c1-13(2)11-23-8-6-15(7-9-23)22-18(19-5)20-10-16-12-24-17(21-16)14(3)4;/h12-15H,6-11H2,1-5H3,(H2,19,20,22);1H. The number of nitrogens with zero attached hydrogens (tertiary/aromatic N) is 3. The second-order valence-electron chi connectivity index (χ2n) is 7.37. The first-order valence-corrected chi connectivity index (χ1v) is 9.99. The van der Waals surface area contributed by atoms with Crippen LogP contribution in [0.15, 0.2) is 10.4 Å². The molecule has 0 radical (unpaired) electrons. The zero-order chi connectivity index (χ0) is 17.5. The van der Waals surface area contributed by atoms with Crippen molar-refractivity contribution >= 4 is 41.3 Å². The average Bonchev–Trinajstić information content (AvgIpc) is 3.02. The van der Waals surface area contributed by atoms with Crippen molar-refractivity contribution in [3.63, 3.8) is 0 Å². The van der Waals surface area contributed by atoms with Gasteiger partial charge in [0.2, 0.25) is 0 Å². The van der Waals surface area contributed by atoms with E-state index in [2.05, 4.69) is 58.6 Å². The molecule has 1 fully saturated rings. The average molecular weight is 479 g/mol. The molecular formula is C18H34IN5S. The lowest BCUT2D eigenvalue weighted by molar-refractivity contribution is 0.187. The molecule has 2 heterocycles. The molecule has 0 aliphatic carbocycles. The summed E-state index contributed by atoms with van der Waals surface area (Å²) in [6.45, 7) is 13.2. The minimum Gasteiger partial charge on any atom is -0.354 e. The van der Waals surface area contributed by atoms with E-state index in [1.54, 1.807) is 11.3 Å². The number of hydrogen-bond acceptors (Lipinski definition) is 4. The Morgan fingerprint density at radius 1 is 1.32 bits per heavy atom. The van der Waals surface area contributed by atoms with E-state index in [0.29, 0.717) is 12.0 Å². The number of piperidine rings is 1. The van der Waals surface area contributed by atoms with Crippen LogP contribution in [0.5, 0.6) is 0 Å². The number of thiazole rings is 1. The molecule has 1 aliphatic heterocycles. The minimum atomic E-state index is 0. The van der Waals surface area contributed by atoms with Gasteiger partial charge in [-0.25, -0.2) is 4.98 Å². The topological polar surface area (TPSA) is 52.6 Å². The highest BCUT2D eigenvalue weighted by molar-refractivity contribution is 14.0. The van der Waals surface area contributed by atoms with Gasteiger partial charge in [-0.1, -0.05) is 27.7 Å². The van der Waals surface area contributed by atoms with Crippen molar-refractivity contribution in [1.29, 1.82) is 0 Å². The molecule has 1 aromatic heterocycles. The molecule has 144 valence electrons. The highest BCUT2D eigenvalue weighted by atomic mass is 127. The number of aliphatic imine (C=N–C) groups is 1. The fourth-order valence-corrected chi connectivity index (χ4v) is 3.84. The molecule has 0 saturated carbocycles. The number of halogens is 1. The Hall–Kier alpha value is -0.410. The minimum absolute atomic E-state index is 0. The molecule has 2 N–H and O–H groups in total. The Bertz CT molecular complexity index is 521.